The monoisotopic (exact) mass is 339 g/mol. The maximum atomic E-state index is 6.11. The number of ether oxygens (including phenoxy) is 2. The average molecular weight is 339 g/mol. The van der Waals surface area contributed by atoms with Gasteiger partial charge in [0.1, 0.15) is 0 Å². The highest BCUT2D eigenvalue weighted by Gasteiger charge is 2.12. The van der Waals surface area contributed by atoms with Gasteiger partial charge in [-0.05, 0) is 16.7 Å². The number of aliphatic imine (C=N–C) groups is 1. The first-order valence-corrected chi connectivity index (χ1v) is 8.64. The zero-order valence-electron chi connectivity index (χ0n) is 14.4. The molecule has 1 heterocycles. The molecule has 25 heavy (non-hydrogen) atoms. The summed E-state index contributed by atoms with van der Waals surface area (Å²) in [6, 6.07) is 18.4. The lowest BCUT2D eigenvalue weighted by Gasteiger charge is -2.27. The predicted molar refractivity (Wildman–Crippen MR) is 99.1 cm³/mol. The Morgan fingerprint density at radius 1 is 0.960 bits per heavy atom. The predicted octanol–water partition coefficient (Wildman–Crippen LogP) is 2.55. The third-order valence-corrected chi connectivity index (χ3v) is 4.23. The van der Waals surface area contributed by atoms with E-state index in [2.05, 4.69) is 34.2 Å². The van der Waals surface area contributed by atoms with Gasteiger partial charge < -0.3 is 20.1 Å². The summed E-state index contributed by atoms with van der Waals surface area (Å²) in [7, 11) is 0. The summed E-state index contributed by atoms with van der Waals surface area (Å²) >= 11 is 0. The average Bonchev–Trinajstić information content (AvgIpc) is 2.68. The van der Waals surface area contributed by atoms with Crippen molar-refractivity contribution >= 4 is 5.96 Å². The molecule has 2 aromatic rings. The number of nitrogens with two attached hydrogens (primary N) is 1. The molecule has 2 aromatic carbocycles. The second kappa shape index (κ2) is 9.20. The van der Waals surface area contributed by atoms with Gasteiger partial charge in [0, 0.05) is 13.1 Å². The minimum Gasteiger partial charge on any atom is -0.378 e. The zero-order valence-corrected chi connectivity index (χ0v) is 14.4. The molecule has 1 aliphatic heterocycles. The number of guanidine groups is 1. The molecule has 1 saturated heterocycles. The van der Waals surface area contributed by atoms with Gasteiger partial charge in [0.25, 0.3) is 0 Å². The molecule has 0 aliphatic carbocycles. The first-order chi connectivity index (χ1) is 12.3. The normalized spacial score (nSPS) is 15.4. The molecular formula is C20H25N3O2. The van der Waals surface area contributed by atoms with Gasteiger partial charge in [0.2, 0.25) is 0 Å². The molecule has 1 fully saturated rings. The number of benzene rings is 2. The van der Waals surface area contributed by atoms with Crippen LogP contribution in [-0.4, -0.2) is 37.2 Å². The van der Waals surface area contributed by atoms with Crippen molar-refractivity contribution in [3.05, 3.63) is 71.3 Å². The summed E-state index contributed by atoms with van der Waals surface area (Å²) in [5, 5.41) is 0. The Bertz CT molecular complexity index is 682. The van der Waals surface area contributed by atoms with E-state index >= 15 is 0 Å². The molecule has 2 N–H and O–H groups in total. The van der Waals surface area contributed by atoms with Crippen LogP contribution >= 0.6 is 0 Å². The molecule has 0 radical (unpaired) electrons. The topological polar surface area (TPSA) is 60.1 Å². The Labute approximate surface area is 149 Å². The highest BCUT2D eigenvalue weighted by atomic mass is 16.5. The van der Waals surface area contributed by atoms with E-state index in [1.807, 2.05) is 30.3 Å². The molecule has 5 nitrogen and oxygen atoms in total. The fourth-order valence-corrected chi connectivity index (χ4v) is 2.76. The van der Waals surface area contributed by atoms with Crippen molar-refractivity contribution in [3.63, 3.8) is 0 Å². The molecule has 132 valence electrons. The lowest BCUT2D eigenvalue weighted by Crippen LogP contribution is -2.44. The first kappa shape index (κ1) is 17.5. The molecule has 0 spiro atoms. The maximum absolute atomic E-state index is 6.11. The second-order valence-electron chi connectivity index (χ2n) is 6.02. The van der Waals surface area contributed by atoms with Crippen LogP contribution in [0.25, 0.3) is 0 Å². The number of nitrogens with zero attached hydrogens (tertiary/aromatic N) is 2. The molecule has 1 aliphatic rings. The van der Waals surface area contributed by atoms with E-state index in [-0.39, 0.29) is 0 Å². The summed E-state index contributed by atoms with van der Waals surface area (Å²) in [6.07, 6.45) is 0. The van der Waals surface area contributed by atoms with Gasteiger partial charge in [-0.15, -0.1) is 0 Å². The van der Waals surface area contributed by atoms with Crippen LogP contribution in [0, 0.1) is 0 Å². The molecule has 0 unspecified atom stereocenters. The lowest BCUT2D eigenvalue weighted by atomic mass is 10.1. The third-order valence-electron chi connectivity index (χ3n) is 4.23. The van der Waals surface area contributed by atoms with Gasteiger partial charge >= 0.3 is 0 Å². The largest absolute Gasteiger partial charge is 0.378 e. The van der Waals surface area contributed by atoms with Crippen molar-refractivity contribution in [2.75, 3.05) is 26.3 Å². The van der Waals surface area contributed by atoms with Crippen LogP contribution in [0.1, 0.15) is 16.7 Å². The first-order valence-electron chi connectivity index (χ1n) is 8.64. The van der Waals surface area contributed by atoms with E-state index in [4.69, 9.17) is 15.2 Å². The molecule has 0 atom stereocenters. The summed E-state index contributed by atoms with van der Waals surface area (Å²) < 4.78 is 11.2. The SMILES string of the molecule is NC(=NCc1ccccc1COCc1ccccc1)N1CCOCC1. The van der Waals surface area contributed by atoms with Crippen molar-refractivity contribution in [2.45, 2.75) is 19.8 Å². The molecule has 3 rings (SSSR count). The fourth-order valence-electron chi connectivity index (χ4n) is 2.76. The van der Waals surface area contributed by atoms with Crippen LogP contribution in [0.3, 0.4) is 0 Å². The number of hydrogen-bond acceptors (Lipinski definition) is 3. The summed E-state index contributed by atoms with van der Waals surface area (Å²) in [6.45, 7) is 4.76. The molecule has 0 amide bonds. The lowest BCUT2D eigenvalue weighted by molar-refractivity contribution is 0.0674. The Balaban J connectivity index is 1.56. The second-order valence-corrected chi connectivity index (χ2v) is 6.02. The highest BCUT2D eigenvalue weighted by molar-refractivity contribution is 5.78. The molecular weight excluding hydrogens is 314 g/mol. The van der Waals surface area contributed by atoms with E-state index in [0.29, 0.717) is 38.9 Å². The van der Waals surface area contributed by atoms with Crippen LogP contribution in [0.2, 0.25) is 0 Å². The Morgan fingerprint density at radius 3 is 2.40 bits per heavy atom. The van der Waals surface area contributed by atoms with Gasteiger partial charge in [-0.1, -0.05) is 54.6 Å². The molecule has 5 heteroatoms. The quantitative estimate of drug-likeness (QED) is 0.649. The highest BCUT2D eigenvalue weighted by Crippen LogP contribution is 2.13. The van der Waals surface area contributed by atoms with Crippen molar-refractivity contribution in [2.24, 2.45) is 10.7 Å². The van der Waals surface area contributed by atoms with Crippen LogP contribution in [0.5, 0.6) is 0 Å². The van der Waals surface area contributed by atoms with Crippen molar-refractivity contribution in [1.82, 2.24) is 4.90 Å². The standard InChI is InChI=1S/C20H25N3O2/c21-20(23-10-12-24-13-11-23)22-14-18-8-4-5-9-19(18)16-25-15-17-6-2-1-3-7-17/h1-9H,10-16H2,(H2,21,22). The van der Waals surface area contributed by atoms with E-state index in [0.717, 1.165) is 24.2 Å². The van der Waals surface area contributed by atoms with E-state index in [9.17, 15) is 0 Å². The van der Waals surface area contributed by atoms with E-state index < -0.39 is 0 Å². The summed E-state index contributed by atoms with van der Waals surface area (Å²) in [4.78, 5) is 6.62. The Kier molecular flexibility index (Phi) is 6.42. The maximum Gasteiger partial charge on any atom is 0.191 e. The Hall–Kier alpha value is -2.37. The van der Waals surface area contributed by atoms with Crippen molar-refractivity contribution < 1.29 is 9.47 Å². The molecule has 0 aromatic heterocycles. The summed E-state index contributed by atoms with van der Waals surface area (Å²) in [5.41, 5.74) is 9.58. The van der Waals surface area contributed by atoms with Crippen molar-refractivity contribution in [3.8, 4) is 0 Å². The number of rotatable bonds is 6. The van der Waals surface area contributed by atoms with E-state index in [1.54, 1.807) is 0 Å². The van der Waals surface area contributed by atoms with Crippen LogP contribution < -0.4 is 5.73 Å². The molecule has 0 bridgehead atoms. The van der Waals surface area contributed by atoms with Gasteiger partial charge in [0.05, 0.1) is 33.0 Å². The minimum atomic E-state index is 0.564. The summed E-state index contributed by atoms with van der Waals surface area (Å²) in [5.74, 6) is 0.586. The van der Waals surface area contributed by atoms with E-state index in [1.165, 1.54) is 5.56 Å². The van der Waals surface area contributed by atoms with Gasteiger partial charge in [0.15, 0.2) is 5.96 Å². The van der Waals surface area contributed by atoms with Crippen LogP contribution in [-0.2, 0) is 29.2 Å². The fraction of sp³-hybridized carbons (Fsp3) is 0.350. The van der Waals surface area contributed by atoms with Crippen LogP contribution in [0.15, 0.2) is 59.6 Å². The van der Waals surface area contributed by atoms with Crippen LogP contribution in [0.4, 0.5) is 0 Å². The zero-order chi connectivity index (χ0) is 17.3. The third kappa shape index (κ3) is 5.31. The molecule has 0 saturated carbocycles. The number of hydrogen-bond donors (Lipinski definition) is 1. The van der Waals surface area contributed by atoms with Gasteiger partial charge in [-0.3, -0.25) is 0 Å². The van der Waals surface area contributed by atoms with Gasteiger partial charge in [-0.2, -0.15) is 0 Å². The van der Waals surface area contributed by atoms with Gasteiger partial charge in [-0.25, -0.2) is 4.99 Å². The minimum absolute atomic E-state index is 0.564. The van der Waals surface area contributed by atoms with Crippen molar-refractivity contribution in [1.29, 1.82) is 0 Å². The Morgan fingerprint density at radius 2 is 1.64 bits per heavy atom. The number of morpholine rings is 1. The smallest absolute Gasteiger partial charge is 0.191 e.